The zero-order valence-corrected chi connectivity index (χ0v) is 12.6. The summed E-state index contributed by atoms with van der Waals surface area (Å²) in [6, 6.07) is 2.74. The number of nitro groups is 1. The second-order valence-corrected chi connectivity index (χ2v) is 5.33. The molecule has 1 aromatic heterocycles. The number of ether oxygens (including phenoxy) is 1. The van der Waals surface area contributed by atoms with Crippen LogP contribution in [-0.4, -0.2) is 47.6 Å². The van der Waals surface area contributed by atoms with E-state index in [1.165, 1.54) is 12.1 Å². The Bertz CT molecular complexity index is 475. The van der Waals surface area contributed by atoms with E-state index >= 15 is 0 Å². The molecule has 0 aliphatic heterocycles. The lowest BCUT2D eigenvalue weighted by Gasteiger charge is -2.31. The van der Waals surface area contributed by atoms with Gasteiger partial charge in [0, 0.05) is 12.1 Å². The predicted octanol–water partition coefficient (Wildman–Crippen LogP) is 2.14. The van der Waals surface area contributed by atoms with Gasteiger partial charge < -0.3 is 15.0 Å². The van der Waals surface area contributed by atoms with Crippen LogP contribution < -0.4 is 10.1 Å². The average molecular weight is 282 g/mol. The fraction of sp³-hybridized carbons (Fsp3) is 0.615. The van der Waals surface area contributed by atoms with Crippen molar-refractivity contribution in [1.29, 1.82) is 0 Å². The third-order valence-corrected chi connectivity index (χ3v) is 3.14. The minimum absolute atomic E-state index is 0.0337. The number of pyridine rings is 1. The molecule has 0 saturated heterocycles. The van der Waals surface area contributed by atoms with Gasteiger partial charge in [0.1, 0.15) is 12.4 Å². The second-order valence-electron chi connectivity index (χ2n) is 5.33. The van der Waals surface area contributed by atoms with Crippen LogP contribution in [0.4, 0.5) is 11.5 Å². The van der Waals surface area contributed by atoms with Gasteiger partial charge in [0.2, 0.25) is 5.88 Å². The number of nitrogens with zero attached hydrogens (tertiary/aromatic N) is 3. The van der Waals surface area contributed by atoms with Crippen LogP contribution in [0.2, 0.25) is 0 Å². The number of likely N-dealkylation sites (N-methyl/N-ethyl adjacent to an activating group) is 1. The summed E-state index contributed by atoms with van der Waals surface area (Å²) >= 11 is 0. The van der Waals surface area contributed by atoms with Crippen molar-refractivity contribution in [2.45, 2.75) is 26.3 Å². The maximum absolute atomic E-state index is 10.9. The molecule has 1 aromatic rings. The minimum atomic E-state index is -0.452. The SMILES string of the molecule is CCNc1cc([N+](=O)[O-])cc(OCC(C)(C)N(C)C)n1. The molecule has 0 radical (unpaired) electrons. The molecule has 0 amide bonds. The molecule has 20 heavy (non-hydrogen) atoms. The van der Waals surface area contributed by atoms with Crippen molar-refractivity contribution in [1.82, 2.24) is 9.88 Å². The van der Waals surface area contributed by atoms with E-state index in [9.17, 15) is 10.1 Å². The highest BCUT2D eigenvalue weighted by atomic mass is 16.6. The molecule has 1 rings (SSSR count). The molecule has 0 saturated carbocycles. The first kappa shape index (κ1) is 16.2. The van der Waals surface area contributed by atoms with E-state index in [-0.39, 0.29) is 17.1 Å². The van der Waals surface area contributed by atoms with Gasteiger partial charge in [-0.1, -0.05) is 0 Å². The summed E-state index contributed by atoms with van der Waals surface area (Å²) < 4.78 is 5.61. The first-order chi connectivity index (χ1) is 9.26. The highest BCUT2D eigenvalue weighted by molar-refractivity contribution is 5.48. The van der Waals surface area contributed by atoms with Gasteiger partial charge in [-0.25, -0.2) is 0 Å². The van der Waals surface area contributed by atoms with E-state index in [0.717, 1.165) is 0 Å². The lowest BCUT2D eigenvalue weighted by atomic mass is 10.1. The van der Waals surface area contributed by atoms with Gasteiger partial charge in [0.05, 0.1) is 17.1 Å². The van der Waals surface area contributed by atoms with E-state index in [2.05, 4.69) is 10.3 Å². The van der Waals surface area contributed by atoms with E-state index < -0.39 is 4.92 Å². The Morgan fingerprint density at radius 1 is 1.45 bits per heavy atom. The fourth-order valence-corrected chi connectivity index (χ4v) is 1.32. The Morgan fingerprint density at radius 3 is 2.60 bits per heavy atom. The Morgan fingerprint density at radius 2 is 2.10 bits per heavy atom. The third-order valence-electron chi connectivity index (χ3n) is 3.14. The van der Waals surface area contributed by atoms with Crippen molar-refractivity contribution in [3.05, 3.63) is 22.2 Å². The quantitative estimate of drug-likeness (QED) is 0.609. The van der Waals surface area contributed by atoms with Crippen LogP contribution in [0.5, 0.6) is 5.88 Å². The summed E-state index contributed by atoms with van der Waals surface area (Å²) in [7, 11) is 3.91. The van der Waals surface area contributed by atoms with Gasteiger partial charge >= 0.3 is 0 Å². The molecule has 1 N–H and O–H groups in total. The van der Waals surface area contributed by atoms with Crippen molar-refractivity contribution in [2.75, 3.05) is 32.6 Å². The van der Waals surface area contributed by atoms with Gasteiger partial charge in [-0.3, -0.25) is 10.1 Å². The van der Waals surface area contributed by atoms with Crippen molar-refractivity contribution >= 4 is 11.5 Å². The maximum atomic E-state index is 10.9. The van der Waals surface area contributed by atoms with Crippen molar-refractivity contribution < 1.29 is 9.66 Å². The summed E-state index contributed by atoms with van der Waals surface area (Å²) in [4.78, 5) is 16.7. The summed E-state index contributed by atoms with van der Waals surface area (Å²) in [6.45, 7) is 6.97. The minimum Gasteiger partial charge on any atom is -0.475 e. The Balaban J connectivity index is 2.91. The Labute approximate surface area is 119 Å². The van der Waals surface area contributed by atoms with Crippen LogP contribution in [-0.2, 0) is 0 Å². The van der Waals surface area contributed by atoms with Gasteiger partial charge in [-0.05, 0) is 34.9 Å². The van der Waals surface area contributed by atoms with Gasteiger partial charge in [-0.2, -0.15) is 4.98 Å². The lowest BCUT2D eigenvalue weighted by molar-refractivity contribution is -0.384. The number of anilines is 1. The van der Waals surface area contributed by atoms with Gasteiger partial charge in [0.25, 0.3) is 5.69 Å². The number of rotatable bonds is 7. The topological polar surface area (TPSA) is 80.5 Å². The van der Waals surface area contributed by atoms with E-state index in [1.807, 2.05) is 39.8 Å². The molecule has 7 heteroatoms. The Hall–Kier alpha value is -1.89. The van der Waals surface area contributed by atoms with Crippen LogP contribution in [0, 0.1) is 10.1 Å². The molecule has 112 valence electrons. The van der Waals surface area contributed by atoms with Gasteiger partial charge in [0.15, 0.2) is 0 Å². The number of aromatic nitrogens is 1. The molecule has 0 aromatic carbocycles. The van der Waals surface area contributed by atoms with E-state index in [1.54, 1.807) is 0 Å². The van der Waals surface area contributed by atoms with Crippen LogP contribution in [0.1, 0.15) is 20.8 Å². The molecule has 1 heterocycles. The first-order valence-electron chi connectivity index (χ1n) is 6.47. The average Bonchev–Trinajstić information content (AvgIpc) is 2.36. The second kappa shape index (κ2) is 6.51. The zero-order valence-electron chi connectivity index (χ0n) is 12.6. The molecule has 0 bridgehead atoms. The normalized spacial score (nSPS) is 11.5. The summed E-state index contributed by atoms with van der Waals surface area (Å²) in [5.74, 6) is 0.699. The van der Waals surface area contributed by atoms with E-state index in [4.69, 9.17) is 4.74 Å². The molecular formula is C13H22N4O3. The fourth-order valence-electron chi connectivity index (χ4n) is 1.32. The molecule has 0 atom stereocenters. The summed E-state index contributed by atoms with van der Waals surface area (Å²) in [5, 5.41) is 13.9. The van der Waals surface area contributed by atoms with Crippen LogP contribution >= 0.6 is 0 Å². The monoisotopic (exact) mass is 282 g/mol. The molecule has 0 aliphatic carbocycles. The Kier molecular flexibility index (Phi) is 5.26. The highest BCUT2D eigenvalue weighted by Gasteiger charge is 2.22. The number of hydrogen-bond acceptors (Lipinski definition) is 6. The van der Waals surface area contributed by atoms with Crippen molar-refractivity contribution in [3.63, 3.8) is 0 Å². The maximum Gasteiger partial charge on any atom is 0.278 e. The molecule has 0 unspecified atom stereocenters. The van der Waals surface area contributed by atoms with Crippen LogP contribution in [0.15, 0.2) is 12.1 Å². The van der Waals surface area contributed by atoms with Crippen LogP contribution in [0.25, 0.3) is 0 Å². The predicted molar refractivity (Wildman–Crippen MR) is 78.3 cm³/mol. The molecule has 0 spiro atoms. The number of nitrogens with one attached hydrogen (secondary N) is 1. The summed E-state index contributed by atoms with van der Waals surface area (Å²) in [6.07, 6.45) is 0. The smallest absolute Gasteiger partial charge is 0.278 e. The van der Waals surface area contributed by atoms with E-state index in [0.29, 0.717) is 19.0 Å². The van der Waals surface area contributed by atoms with Crippen LogP contribution in [0.3, 0.4) is 0 Å². The molecular weight excluding hydrogens is 260 g/mol. The summed E-state index contributed by atoms with van der Waals surface area (Å²) in [5.41, 5.74) is -0.224. The third kappa shape index (κ3) is 4.34. The lowest BCUT2D eigenvalue weighted by Crippen LogP contribution is -2.43. The standard InChI is InChI=1S/C13H22N4O3/c1-6-14-11-7-10(17(18)19)8-12(15-11)20-9-13(2,3)16(4)5/h7-8H,6,9H2,1-5H3,(H,14,15). The van der Waals surface area contributed by atoms with Crippen molar-refractivity contribution in [2.24, 2.45) is 0 Å². The molecule has 0 fully saturated rings. The highest BCUT2D eigenvalue weighted by Crippen LogP contribution is 2.23. The molecule has 7 nitrogen and oxygen atoms in total. The zero-order chi connectivity index (χ0) is 15.3. The number of hydrogen-bond donors (Lipinski definition) is 1. The largest absolute Gasteiger partial charge is 0.475 e. The van der Waals surface area contributed by atoms with Crippen molar-refractivity contribution in [3.8, 4) is 5.88 Å². The molecule has 0 aliphatic rings. The first-order valence-corrected chi connectivity index (χ1v) is 6.47. The van der Waals surface area contributed by atoms with Gasteiger partial charge in [-0.15, -0.1) is 0 Å².